The maximum Gasteiger partial charge on any atom is 0.237 e. The number of halogens is 2. The first kappa shape index (κ1) is 18.1. The van der Waals surface area contributed by atoms with Gasteiger partial charge in [-0.25, -0.2) is 0 Å². The van der Waals surface area contributed by atoms with Crippen molar-refractivity contribution in [1.82, 2.24) is 9.80 Å². The van der Waals surface area contributed by atoms with Gasteiger partial charge in [-0.3, -0.25) is 9.59 Å². The highest BCUT2D eigenvalue weighted by Crippen LogP contribution is 2.21. The predicted molar refractivity (Wildman–Crippen MR) is 92.9 cm³/mol. The van der Waals surface area contributed by atoms with Crippen LogP contribution in [0.5, 0.6) is 5.75 Å². The van der Waals surface area contributed by atoms with Gasteiger partial charge in [0, 0.05) is 30.7 Å². The number of ether oxygens (including phenoxy) is 1. The van der Waals surface area contributed by atoms with Crippen molar-refractivity contribution in [3.63, 3.8) is 0 Å². The number of piperazine rings is 1. The normalized spacial score (nSPS) is 14.7. The number of carbonyl (C=O) groups is 2. The summed E-state index contributed by atoms with van der Waals surface area (Å²) in [6, 6.07) is 5.74. The number of benzene rings is 1. The minimum absolute atomic E-state index is 0.00556. The van der Waals surface area contributed by atoms with E-state index in [1.807, 2.05) is 25.1 Å². The molecule has 126 valence electrons. The van der Waals surface area contributed by atoms with Crippen LogP contribution in [-0.2, 0) is 9.59 Å². The van der Waals surface area contributed by atoms with Crippen LogP contribution >= 0.6 is 27.5 Å². The molecule has 1 saturated heterocycles. The fourth-order valence-electron chi connectivity index (χ4n) is 2.41. The van der Waals surface area contributed by atoms with E-state index in [2.05, 4.69) is 15.9 Å². The average Bonchev–Trinajstić information content (AvgIpc) is 2.57. The van der Waals surface area contributed by atoms with Gasteiger partial charge in [-0.2, -0.15) is 0 Å². The molecule has 0 unspecified atom stereocenters. The minimum atomic E-state index is -0.0762. The van der Waals surface area contributed by atoms with Crippen molar-refractivity contribution < 1.29 is 14.3 Å². The summed E-state index contributed by atoms with van der Waals surface area (Å²) in [4.78, 5) is 27.1. The largest absolute Gasteiger partial charge is 0.493 e. The fourth-order valence-corrected chi connectivity index (χ4v) is 2.83. The van der Waals surface area contributed by atoms with Gasteiger partial charge in [-0.05, 0) is 30.7 Å². The van der Waals surface area contributed by atoms with Crippen LogP contribution in [0, 0.1) is 6.92 Å². The van der Waals surface area contributed by atoms with Crippen molar-refractivity contribution >= 4 is 39.3 Å². The molecular weight excluding hydrogens is 384 g/mol. The van der Waals surface area contributed by atoms with E-state index in [0.29, 0.717) is 39.2 Å². The highest BCUT2D eigenvalue weighted by Gasteiger charge is 2.23. The Hall–Kier alpha value is -1.27. The van der Waals surface area contributed by atoms with Gasteiger partial charge in [0.25, 0.3) is 0 Å². The quantitative estimate of drug-likeness (QED) is 0.710. The Bertz CT molecular complexity index is 574. The van der Waals surface area contributed by atoms with Gasteiger partial charge in [0.1, 0.15) is 11.6 Å². The Kier molecular flexibility index (Phi) is 6.72. The van der Waals surface area contributed by atoms with Gasteiger partial charge in [0.2, 0.25) is 11.8 Å². The average molecular weight is 404 g/mol. The van der Waals surface area contributed by atoms with E-state index in [0.717, 1.165) is 15.8 Å². The molecule has 0 aliphatic carbocycles. The molecule has 7 heteroatoms. The van der Waals surface area contributed by atoms with E-state index in [9.17, 15) is 9.59 Å². The van der Waals surface area contributed by atoms with E-state index in [-0.39, 0.29) is 17.7 Å². The third-order valence-corrected chi connectivity index (χ3v) is 4.93. The number of carbonyl (C=O) groups excluding carboxylic acids is 2. The standard InChI is InChI=1S/C16H20BrClN2O3/c1-12-10-13(2-3-14(12)17)23-9-4-15(21)19-5-7-20(8-6-19)16(22)11-18/h2-3,10H,4-9,11H2,1H3. The third kappa shape index (κ3) is 5.11. The molecule has 0 spiro atoms. The molecule has 23 heavy (non-hydrogen) atoms. The first-order valence-corrected chi connectivity index (χ1v) is 8.84. The first-order valence-electron chi connectivity index (χ1n) is 7.51. The lowest BCUT2D eigenvalue weighted by molar-refractivity contribution is -0.138. The lowest BCUT2D eigenvalue weighted by Crippen LogP contribution is -2.51. The summed E-state index contributed by atoms with van der Waals surface area (Å²) in [6.45, 7) is 4.54. The molecule has 0 aromatic heterocycles. The van der Waals surface area contributed by atoms with Crippen LogP contribution in [0.4, 0.5) is 0 Å². The zero-order chi connectivity index (χ0) is 16.8. The van der Waals surface area contributed by atoms with Crippen LogP contribution in [-0.4, -0.2) is 60.3 Å². The SMILES string of the molecule is Cc1cc(OCCC(=O)N2CCN(C(=O)CCl)CC2)ccc1Br. The molecule has 1 aromatic rings. The number of hydrogen-bond acceptors (Lipinski definition) is 3. The molecular formula is C16H20BrClN2O3. The van der Waals surface area contributed by atoms with E-state index < -0.39 is 0 Å². The number of aryl methyl sites for hydroxylation is 1. The Labute approximate surface area is 149 Å². The summed E-state index contributed by atoms with van der Waals surface area (Å²) >= 11 is 8.98. The summed E-state index contributed by atoms with van der Waals surface area (Å²) in [5.74, 6) is 0.731. The highest BCUT2D eigenvalue weighted by atomic mass is 79.9. The van der Waals surface area contributed by atoms with Gasteiger partial charge in [-0.1, -0.05) is 15.9 Å². The van der Waals surface area contributed by atoms with Crippen molar-refractivity contribution in [2.24, 2.45) is 0 Å². The van der Waals surface area contributed by atoms with Crippen molar-refractivity contribution in [2.75, 3.05) is 38.7 Å². The van der Waals surface area contributed by atoms with Crippen molar-refractivity contribution in [1.29, 1.82) is 0 Å². The summed E-state index contributed by atoms with van der Waals surface area (Å²) in [5, 5.41) is 0. The van der Waals surface area contributed by atoms with Gasteiger partial charge in [0.15, 0.2) is 0 Å². The lowest BCUT2D eigenvalue weighted by Gasteiger charge is -2.34. The van der Waals surface area contributed by atoms with Gasteiger partial charge >= 0.3 is 0 Å². The molecule has 2 amide bonds. The Morgan fingerprint density at radius 3 is 2.35 bits per heavy atom. The molecule has 0 atom stereocenters. The number of rotatable bonds is 5. The third-order valence-electron chi connectivity index (χ3n) is 3.81. The van der Waals surface area contributed by atoms with Crippen LogP contribution in [0.3, 0.4) is 0 Å². The predicted octanol–water partition coefficient (Wildman–Crippen LogP) is 2.44. The molecule has 5 nitrogen and oxygen atoms in total. The number of alkyl halides is 1. The van der Waals surface area contributed by atoms with Crippen LogP contribution in [0.25, 0.3) is 0 Å². The Morgan fingerprint density at radius 2 is 1.78 bits per heavy atom. The second-order valence-electron chi connectivity index (χ2n) is 5.40. The van der Waals surface area contributed by atoms with Crippen LogP contribution in [0.2, 0.25) is 0 Å². The highest BCUT2D eigenvalue weighted by molar-refractivity contribution is 9.10. The molecule has 0 saturated carbocycles. The number of amides is 2. The molecule has 1 heterocycles. The van der Waals surface area contributed by atoms with Crippen LogP contribution < -0.4 is 4.74 Å². The second kappa shape index (κ2) is 8.55. The second-order valence-corrected chi connectivity index (χ2v) is 6.53. The number of hydrogen-bond donors (Lipinski definition) is 0. The summed E-state index contributed by atoms with van der Waals surface area (Å²) < 4.78 is 6.66. The summed E-state index contributed by atoms with van der Waals surface area (Å²) in [5.41, 5.74) is 1.09. The maximum atomic E-state index is 12.2. The summed E-state index contributed by atoms with van der Waals surface area (Å²) in [7, 11) is 0. The molecule has 1 aliphatic heterocycles. The zero-order valence-electron chi connectivity index (χ0n) is 13.1. The first-order chi connectivity index (χ1) is 11.0. The van der Waals surface area contributed by atoms with Crippen LogP contribution in [0.1, 0.15) is 12.0 Å². The molecule has 1 fully saturated rings. The fraction of sp³-hybridized carbons (Fsp3) is 0.500. The van der Waals surface area contributed by atoms with Crippen LogP contribution in [0.15, 0.2) is 22.7 Å². The zero-order valence-corrected chi connectivity index (χ0v) is 15.4. The molecule has 2 rings (SSSR count). The van der Waals surface area contributed by atoms with Crippen molar-refractivity contribution in [3.05, 3.63) is 28.2 Å². The molecule has 0 bridgehead atoms. The topological polar surface area (TPSA) is 49.9 Å². The minimum Gasteiger partial charge on any atom is -0.493 e. The number of nitrogens with zero attached hydrogens (tertiary/aromatic N) is 2. The van der Waals surface area contributed by atoms with Gasteiger partial charge < -0.3 is 14.5 Å². The van der Waals surface area contributed by atoms with E-state index in [1.165, 1.54) is 0 Å². The molecule has 0 N–H and O–H groups in total. The molecule has 1 aliphatic rings. The Balaban J connectivity index is 1.73. The van der Waals surface area contributed by atoms with Crippen molar-refractivity contribution in [2.45, 2.75) is 13.3 Å². The Morgan fingerprint density at radius 1 is 1.17 bits per heavy atom. The molecule has 1 aromatic carbocycles. The lowest BCUT2D eigenvalue weighted by atomic mass is 10.2. The maximum absolute atomic E-state index is 12.2. The van der Waals surface area contributed by atoms with Gasteiger partial charge in [0.05, 0.1) is 13.0 Å². The molecule has 0 radical (unpaired) electrons. The van der Waals surface area contributed by atoms with Crippen molar-refractivity contribution in [3.8, 4) is 5.75 Å². The summed E-state index contributed by atoms with van der Waals surface area (Å²) in [6.07, 6.45) is 0.332. The van der Waals surface area contributed by atoms with Gasteiger partial charge in [-0.15, -0.1) is 11.6 Å². The van der Waals surface area contributed by atoms with E-state index in [4.69, 9.17) is 16.3 Å². The van der Waals surface area contributed by atoms with E-state index >= 15 is 0 Å². The van der Waals surface area contributed by atoms with E-state index in [1.54, 1.807) is 9.80 Å². The smallest absolute Gasteiger partial charge is 0.237 e. The monoisotopic (exact) mass is 402 g/mol.